The first-order valence-corrected chi connectivity index (χ1v) is 8.15. The molecule has 0 spiro atoms. The number of nitrogens with zero attached hydrogens (tertiary/aromatic N) is 1. The fourth-order valence-electron chi connectivity index (χ4n) is 2.81. The van der Waals surface area contributed by atoms with E-state index in [1.54, 1.807) is 0 Å². The van der Waals surface area contributed by atoms with Gasteiger partial charge in [0.25, 0.3) is 0 Å². The lowest BCUT2D eigenvalue weighted by Crippen LogP contribution is -2.35. The second kappa shape index (κ2) is 7.67. The smallest absolute Gasteiger partial charge is 0.227 e. The number of phenolic OH excluding ortho intramolecular Hbond substituents is 1. The molecular weight excluding hydrogens is 342 g/mol. The molecule has 0 amide bonds. The van der Waals surface area contributed by atoms with Crippen molar-refractivity contribution in [1.82, 2.24) is 4.90 Å². The normalized spacial score (nSPS) is 15.0. The highest BCUT2D eigenvalue weighted by molar-refractivity contribution is 5.70. The summed E-state index contributed by atoms with van der Waals surface area (Å²) < 4.78 is 21.3. The van der Waals surface area contributed by atoms with Crippen molar-refractivity contribution < 1.29 is 28.8 Å². The van der Waals surface area contributed by atoms with Gasteiger partial charge in [0.2, 0.25) is 16.9 Å². The van der Waals surface area contributed by atoms with Gasteiger partial charge in [-0.15, -0.1) is 0 Å². The zero-order valence-corrected chi connectivity index (χ0v) is 14.7. The van der Waals surface area contributed by atoms with Gasteiger partial charge in [-0.1, -0.05) is 0 Å². The van der Waals surface area contributed by atoms with Gasteiger partial charge < -0.3 is 28.8 Å². The number of methoxy groups -OCH3 is 2. The monoisotopic (exact) mass is 363 g/mol. The van der Waals surface area contributed by atoms with Crippen molar-refractivity contribution in [2.75, 3.05) is 40.5 Å². The van der Waals surface area contributed by atoms with Crippen molar-refractivity contribution in [3.8, 4) is 34.3 Å². The number of hydrogen-bond acceptors (Lipinski definition) is 8. The number of hydrogen-bond donors (Lipinski definition) is 2. The third-order valence-electron chi connectivity index (χ3n) is 4.20. The van der Waals surface area contributed by atoms with Crippen LogP contribution >= 0.6 is 0 Å². The number of ether oxygens (including phenoxy) is 3. The van der Waals surface area contributed by atoms with E-state index in [0.29, 0.717) is 31.1 Å². The van der Waals surface area contributed by atoms with Crippen LogP contribution in [-0.2, 0) is 11.3 Å². The minimum absolute atomic E-state index is 0.00244. The largest absolute Gasteiger partial charge is 0.502 e. The van der Waals surface area contributed by atoms with Crippen molar-refractivity contribution >= 4 is 0 Å². The molecule has 1 aliphatic rings. The maximum Gasteiger partial charge on any atom is 0.227 e. The van der Waals surface area contributed by atoms with Crippen molar-refractivity contribution in [1.29, 1.82) is 0 Å². The summed E-state index contributed by atoms with van der Waals surface area (Å²) in [5.41, 5.74) is -0.185. The third-order valence-corrected chi connectivity index (χ3v) is 4.20. The lowest BCUT2D eigenvalue weighted by atomic mass is 10.1. The standard InChI is InChI=1S/C18H21NO7/c1-23-14-7-11(8-15(24-2)17(14)22)18-16(21)13(20)9-12(26-18)10-19-3-5-25-6-4-19/h7-9,21-22H,3-6,10H2,1-2H3. The molecule has 1 aromatic carbocycles. The van der Waals surface area contributed by atoms with E-state index >= 15 is 0 Å². The fourth-order valence-corrected chi connectivity index (χ4v) is 2.81. The summed E-state index contributed by atoms with van der Waals surface area (Å²) in [6.45, 7) is 3.16. The Hall–Kier alpha value is -2.71. The molecule has 8 nitrogen and oxygen atoms in total. The van der Waals surface area contributed by atoms with Crippen LogP contribution in [0.2, 0.25) is 0 Å². The van der Waals surface area contributed by atoms with Crippen molar-refractivity contribution in [3.63, 3.8) is 0 Å². The van der Waals surface area contributed by atoms with Crippen LogP contribution in [0.1, 0.15) is 5.76 Å². The zero-order valence-electron chi connectivity index (χ0n) is 14.7. The maximum atomic E-state index is 12.2. The second-order valence-corrected chi connectivity index (χ2v) is 5.87. The molecule has 2 heterocycles. The first-order valence-electron chi connectivity index (χ1n) is 8.15. The molecule has 3 rings (SSSR count). The fraction of sp³-hybridized carbons (Fsp3) is 0.389. The molecule has 2 N–H and O–H groups in total. The molecule has 0 aliphatic carbocycles. The minimum Gasteiger partial charge on any atom is -0.502 e. The van der Waals surface area contributed by atoms with Crippen LogP contribution in [0, 0.1) is 0 Å². The van der Waals surface area contributed by atoms with Crippen molar-refractivity contribution in [3.05, 3.63) is 34.2 Å². The van der Waals surface area contributed by atoms with Gasteiger partial charge in [0, 0.05) is 24.7 Å². The van der Waals surface area contributed by atoms with Gasteiger partial charge in [0.1, 0.15) is 5.76 Å². The Bertz CT molecular complexity index is 815. The van der Waals surface area contributed by atoms with Gasteiger partial charge in [-0.25, -0.2) is 0 Å². The highest BCUT2D eigenvalue weighted by Gasteiger charge is 2.20. The average molecular weight is 363 g/mol. The predicted molar refractivity (Wildman–Crippen MR) is 92.9 cm³/mol. The Morgan fingerprint density at radius 3 is 2.23 bits per heavy atom. The molecule has 0 bridgehead atoms. The van der Waals surface area contributed by atoms with Gasteiger partial charge in [-0.2, -0.15) is 0 Å². The van der Waals surface area contributed by atoms with E-state index in [0.717, 1.165) is 13.1 Å². The number of phenols is 1. The molecule has 0 radical (unpaired) electrons. The van der Waals surface area contributed by atoms with Gasteiger partial charge >= 0.3 is 0 Å². The van der Waals surface area contributed by atoms with E-state index in [1.807, 2.05) is 0 Å². The second-order valence-electron chi connectivity index (χ2n) is 5.87. The first kappa shape index (κ1) is 18.1. The van der Waals surface area contributed by atoms with Crippen LogP contribution < -0.4 is 14.9 Å². The maximum absolute atomic E-state index is 12.2. The lowest BCUT2D eigenvalue weighted by molar-refractivity contribution is 0.0311. The Morgan fingerprint density at radius 2 is 1.65 bits per heavy atom. The summed E-state index contributed by atoms with van der Waals surface area (Å²) in [7, 11) is 2.78. The SMILES string of the molecule is COc1cc(-c2oc(CN3CCOCC3)cc(=O)c2O)cc(OC)c1O. The van der Waals surface area contributed by atoms with Crippen molar-refractivity contribution in [2.24, 2.45) is 0 Å². The van der Waals surface area contributed by atoms with Gasteiger partial charge in [-0.05, 0) is 12.1 Å². The quantitative estimate of drug-likeness (QED) is 0.825. The van der Waals surface area contributed by atoms with Crippen molar-refractivity contribution in [2.45, 2.75) is 6.54 Å². The molecule has 26 heavy (non-hydrogen) atoms. The summed E-state index contributed by atoms with van der Waals surface area (Å²) in [6.07, 6.45) is 0. The Balaban J connectivity index is 2.02. The summed E-state index contributed by atoms with van der Waals surface area (Å²) in [5, 5.41) is 20.2. The van der Waals surface area contributed by atoms with E-state index in [1.165, 1.54) is 32.4 Å². The molecule has 1 aromatic heterocycles. The summed E-state index contributed by atoms with van der Waals surface area (Å²) in [4.78, 5) is 14.3. The third kappa shape index (κ3) is 3.61. The molecule has 1 saturated heterocycles. The lowest BCUT2D eigenvalue weighted by Gasteiger charge is -2.26. The van der Waals surface area contributed by atoms with Gasteiger partial charge in [0.15, 0.2) is 17.3 Å². The van der Waals surface area contributed by atoms with Gasteiger partial charge in [-0.3, -0.25) is 9.69 Å². The highest BCUT2D eigenvalue weighted by Crippen LogP contribution is 2.41. The van der Waals surface area contributed by atoms with E-state index in [2.05, 4.69) is 4.90 Å². The van der Waals surface area contributed by atoms with Crippen LogP contribution in [0.4, 0.5) is 0 Å². The van der Waals surface area contributed by atoms with E-state index < -0.39 is 11.2 Å². The summed E-state index contributed by atoms with van der Waals surface area (Å²) in [6, 6.07) is 4.21. The molecular formula is C18H21NO7. The highest BCUT2D eigenvalue weighted by atomic mass is 16.5. The van der Waals surface area contributed by atoms with Crippen LogP contribution in [0.15, 0.2) is 27.4 Å². The molecule has 0 atom stereocenters. The number of morpholine rings is 1. The molecule has 2 aromatic rings. The topological polar surface area (TPSA) is 102 Å². The zero-order chi connectivity index (χ0) is 18.7. The van der Waals surface area contributed by atoms with Crippen LogP contribution in [0.5, 0.6) is 23.0 Å². The Morgan fingerprint density at radius 1 is 1.04 bits per heavy atom. The summed E-state index contributed by atoms with van der Waals surface area (Å²) >= 11 is 0. The predicted octanol–water partition coefficient (Wildman–Crippen LogP) is 1.57. The van der Waals surface area contributed by atoms with Crippen LogP contribution in [-0.4, -0.2) is 55.6 Å². The number of rotatable bonds is 5. The molecule has 0 unspecified atom stereocenters. The van der Waals surface area contributed by atoms with E-state index in [9.17, 15) is 15.0 Å². The van der Waals surface area contributed by atoms with Crippen LogP contribution in [0.25, 0.3) is 11.3 Å². The van der Waals surface area contributed by atoms with E-state index in [-0.39, 0.29) is 23.0 Å². The van der Waals surface area contributed by atoms with Gasteiger partial charge in [0.05, 0.1) is 34.0 Å². The number of aromatic hydroxyl groups is 2. The first-order chi connectivity index (χ1) is 12.5. The minimum atomic E-state index is -0.541. The molecule has 8 heteroatoms. The number of benzene rings is 1. The average Bonchev–Trinajstić information content (AvgIpc) is 2.65. The van der Waals surface area contributed by atoms with E-state index in [4.69, 9.17) is 18.6 Å². The molecule has 0 saturated carbocycles. The Kier molecular flexibility index (Phi) is 5.34. The molecule has 1 aliphatic heterocycles. The Labute approximate surface area is 150 Å². The summed E-state index contributed by atoms with van der Waals surface area (Å²) in [5.74, 6) is 0.0172. The molecule has 140 valence electrons. The van der Waals surface area contributed by atoms with Crippen LogP contribution in [0.3, 0.4) is 0 Å². The molecule has 1 fully saturated rings.